The molecule has 1 heterocycles. The van der Waals surface area contributed by atoms with Crippen molar-refractivity contribution >= 4 is 17.9 Å². The van der Waals surface area contributed by atoms with Gasteiger partial charge in [0.15, 0.2) is 18.3 Å². The Morgan fingerprint density at radius 3 is 1.65 bits per heavy atom. The summed E-state index contributed by atoms with van der Waals surface area (Å²) in [7, 11) is 0. The predicted molar refractivity (Wildman–Crippen MR) is 122 cm³/mol. The number of hydrogen-bond donors (Lipinski definition) is 0. The first-order chi connectivity index (χ1) is 16.6. The largest absolute Gasteiger partial charge is 0.491 e. The van der Waals surface area contributed by atoms with Gasteiger partial charge in [-0.05, 0) is 42.5 Å². The summed E-state index contributed by atoms with van der Waals surface area (Å²) in [6.07, 6.45) is -0.0572. The molecule has 1 aliphatic rings. The normalized spacial score (nSPS) is 18.9. The average Bonchev–Trinajstić information content (AvgIpc) is 2.90. The van der Waals surface area contributed by atoms with Crippen molar-refractivity contribution in [2.75, 3.05) is 6.61 Å². The smallest absolute Gasteiger partial charge is 0.338 e. The number of carbonyl (C=O) groups is 3. The van der Waals surface area contributed by atoms with E-state index in [2.05, 4.69) is 0 Å². The molecular formula is C27H22O7. The van der Waals surface area contributed by atoms with Crippen molar-refractivity contribution in [3.05, 3.63) is 120 Å². The molecule has 0 spiro atoms. The van der Waals surface area contributed by atoms with Crippen LogP contribution in [0.4, 0.5) is 0 Å². The summed E-state index contributed by atoms with van der Waals surface area (Å²) < 4.78 is 22.3. The highest BCUT2D eigenvalue weighted by atomic mass is 16.6. The number of benzene rings is 3. The molecule has 0 aliphatic carbocycles. The lowest BCUT2D eigenvalue weighted by atomic mass is 10.1. The number of carbonyl (C=O) groups excluding carboxylic acids is 3. The van der Waals surface area contributed by atoms with Crippen molar-refractivity contribution in [3.63, 3.8) is 0 Å². The van der Waals surface area contributed by atoms with Gasteiger partial charge in [-0.25, -0.2) is 14.4 Å². The molecule has 0 unspecified atom stereocenters. The highest BCUT2D eigenvalue weighted by molar-refractivity contribution is 5.91. The van der Waals surface area contributed by atoms with Gasteiger partial charge in [-0.1, -0.05) is 54.6 Å². The second-order valence-electron chi connectivity index (χ2n) is 7.44. The molecule has 7 nitrogen and oxygen atoms in total. The topological polar surface area (TPSA) is 88.1 Å². The van der Waals surface area contributed by atoms with Gasteiger partial charge in [0.05, 0.1) is 23.0 Å². The van der Waals surface area contributed by atoms with Crippen LogP contribution in [0.1, 0.15) is 31.1 Å². The van der Waals surface area contributed by atoms with E-state index in [-0.39, 0.29) is 6.61 Å². The van der Waals surface area contributed by atoms with Gasteiger partial charge in [-0.3, -0.25) is 0 Å². The van der Waals surface area contributed by atoms with Crippen LogP contribution in [0.3, 0.4) is 0 Å². The van der Waals surface area contributed by atoms with Crippen molar-refractivity contribution in [2.45, 2.75) is 18.3 Å². The van der Waals surface area contributed by atoms with Gasteiger partial charge in [0.2, 0.25) is 0 Å². The first-order valence-corrected chi connectivity index (χ1v) is 10.7. The molecule has 0 N–H and O–H groups in total. The minimum atomic E-state index is -1.05. The lowest BCUT2D eigenvalue weighted by Crippen LogP contribution is -2.48. The van der Waals surface area contributed by atoms with Gasteiger partial charge in [0.1, 0.15) is 6.61 Å². The van der Waals surface area contributed by atoms with Crippen molar-refractivity contribution < 1.29 is 33.3 Å². The SMILES string of the molecule is O=C(OC[C@H]1OC=C[C@H](OC(=O)c2ccccc2)[C@@H]1OC(=O)c1ccccc1)c1ccccc1. The molecule has 0 fully saturated rings. The lowest BCUT2D eigenvalue weighted by molar-refractivity contribution is -0.0981. The zero-order valence-electron chi connectivity index (χ0n) is 18.1. The van der Waals surface area contributed by atoms with E-state index in [0.29, 0.717) is 16.7 Å². The second-order valence-corrected chi connectivity index (χ2v) is 7.44. The van der Waals surface area contributed by atoms with Gasteiger partial charge >= 0.3 is 17.9 Å². The van der Waals surface area contributed by atoms with Crippen molar-refractivity contribution in [1.82, 2.24) is 0 Å². The summed E-state index contributed by atoms with van der Waals surface area (Å²) in [5.41, 5.74) is 1.05. The maximum Gasteiger partial charge on any atom is 0.338 e. The molecule has 172 valence electrons. The van der Waals surface area contributed by atoms with E-state index in [4.69, 9.17) is 18.9 Å². The summed E-state index contributed by atoms with van der Waals surface area (Å²) in [5, 5.41) is 0. The Morgan fingerprint density at radius 1 is 0.647 bits per heavy atom. The van der Waals surface area contributed by atoms with Crippen LogP contribution in [0.25, 0.3) is 0 Å². The minimum absolute atomic E-state index is 0.218. The molecule has 0 aromatic heterocycles. The summed E-state index contributed by atoms with van der Waals surface area (Å²) in [6, 6.07) is 25.4. The van der Waals surface area contributed by atoms with E-state index >= 15 is 0 Å². The molecule has 0 saturated heterocycles. The van der Waals surface area contributed by atoms with Crippen LogP contribution in [0.5, 0.6) is 0 Å². The van der Waals surface area contributed by atoms with Crippen molar-refractivity contribution in [3.8, 4) is 0 Å². The fourth-order valence-electron chi connectivity index (χ4n) is 3.35. The third kappa shape index (κ3) is 5.69. The molecule has 1 aliphatic heterocycles. The zero-order chi connectivity index (χ0) is 23.8. The molecule has 3 atom stereocenters. The van der Waals surface area contributed by atoms with E-state index in [0.717, 1.165) is 0 Å². The number of esters is 3. The fourth-order valence-corrected chi connectivity index (χ4v) is 3.35. The molecule has 0 bridgehead atoms. The average molecular weight is 458 g/mol. The molecule has 34 heavy (non-hydrogen) atoms. The Balaban J connectivity index is 1.51. The zero-order valence-corrected chi connectivity index (χ0v) is 18.1. The maximum absolute atomic E-state index is 12.8. The number of ether oxygens (including phenoxy) is 4. The Kier molecular flexibility index (Phi) is 7.35. The predicted octanol–water partition coefficient (Wildman–Crippen LogP) is 4.21. The summed E-state index contributed by atoms with van der Waals surface area (Å²) >= 11 is 0. The second kappa shape index (κ2) is 11.0. The van der Waals surface area contributed by atoms with Crippen LogP contribution in [0.2, 0.25) is 0 Å². The van der Waals surface area contributed by atoms with Crippen molar-refractivity contribution in [2.24, 2.45) is 0 Å². The van der Waals surface area contributed by atoms with E-state index in [1.54, 1.807) is 91.0 Å². The van der Waals surface area contributed by atoms with Crippen LogP contribution in [-0.2, 0) is 18.9 Å². The Labute approximate surface area is 196 Å². The molecule has 0 radical (unpaired) electrons. The van der Waals surface area contributed by atoms with Gasteiger partial charge in [0, 0.05) is 0 Å². The van der Waals surface area contributed by atoms with Crippen LogP contribution in [0, 0.1) is 0 Å². The molecular weight excluding hydrogens is 436 g/mol. The van der Waals surface area contributed by atoms with Crippen LogP contribution < -0.4 is 0 Å². The van der Waals surface area contributed by atoms with E-state index < -0.39 is 36.2 Å². The molecule has 3 aromatic carbocycles. The Bertz CT molecular complexity index is 1140. The van der Waals surface area contributed by atoms with Crippen LogP contribution in [0.15, 0.2) is 103 Å². The van der Waals surface area contributed by atoms with Gasteiger partial charge < -0.3 is 18.9 Å². The van der Waals surface area contributed by atoms with E-state index in [9.17, 15) is 14.4 Å². The maximum atomic E-state index is 12.8. The van der Waals surface area contributed by atoms with Crippen LogP contribution in [-0.4, -0.2) is 42.8 Å². The molecule has 7 heteroatoms. The quantitative estimate of drug-likeness (QED) is 0.387. The fraction of sp³-hybridized carbons (Fsp3) is 0.148. The van der Waals surface area contributed by atoms with Gasteiger partial charge in [-0.15, -0.1) is 0 Å². The van der Waals surface area contributed by atoms with E-state index in [1.807, 2.05) is 0 Å². The third-order valence-electron chi connectivity index (χ3n) is 5.11. The summed E-state index contributed by atoms with van der Waals surface area (Å²) in [6.45, 7) is -0.218. The highest BCUT2D eigenvalue weighted by Gasteiger charge is 2.39. The van der Waals surface area contributed by atoms with Crippen molar-refractivity contribution in [1.29, 1.82) is 0 Å². The highest BCUT2D eigenvalue weighted by Crippen LogP contribution is 2.22. The number of rotatable bonds is 7. The lowest BCUT2D eigenvalue weighted by Gasteiger charge is -2.33. The molecule has 0 amide bonds. The van der Waals surface area contributed by atoms with Crippen LogP contribution >= 0.6 is 0 Å². The Morgan fingerprint density at radius 2 is 1.12 bits per heavy atom. The molecule has 3 aromatic rings. The third-order valence-corrected chi connectivity index (χ3v) is 5.11. The first kappa shape index (κ1) is 22.8. The Hall–Kier alpha value is -4.39. The number of hydrogen-bond acceptors (Lipinski definition) is 7. The monoisotopic (exact) mass is 458 g/mol. The standard InChI is InChI=1S/C27H22O7/c28-25(19-10-4-1-5-11-19)32-18-23-24(34-27(30)21-14-8-3-9-15-21)22(16-17-31-23)33-26(29)20-12-6-2-7-13-20/h1-17,22-24H,18H2/t22-,23+,24-/m0/s1. The summed E-state index contributed by atoms with van der Waals surface area (Å²) in [4.78, 5) is 37.8. The summed E-state index contributed by atoms with van der Waals surface area (Å²) in [5.74, 6) is -1.76. The van der Waals surface area contributed by atoms with E-state index in [1.165, 1.54) is 12.3 Å². The molecule has 4 rings (SSSR count). The van der Waals surface area contributed by atoms with Gasteiger partial charge in [0.25, 0.3) is 0 Å². The molecule has 0 saturated carbocycles. The van der Waals surface area contributed by atoms with Gasteiger partial charge in [-0.2, -0.15) is 0 Å². The first-order valence-electron chi connectivity index (χ1n) is 10.7. The minimum Gasteiger partial charge on any atom is -0.491 e.